The Morgan fingerprint density at radius 3 is 2.43 bits per heavy atom. The van der Waals surface area contributed by atoms with E-state index in [1.165, 1.54) is 0 Å². The number of ether oxygens (including phenoxy) is 1. The smallest absolute Gasteiger partial charge is 0.124 e. The molecule has 23 heavy (non-hydrogen) atoms. The van der Waals surface area contributed by atoms with Crippen LogP contribution in [-0.4, -0.2) is 12.2 Å². The average molecular weight is 300 g/mol. The first kappa shape index (κ1) is 13.6. The summed E-state index contributed by atoms with van der Waals surface area (Å²) in [5.74, 6) is 1.10. The van der Waals surface area contributed by atoms with Crippen molar-refractivity contribution in [1.29, 1.82) is 0 Å². The number of rotatable bonds is 2. The lowest BCUT2D eigenvalue weighted by Crippen LogP contribution is -1.87. The third kappa shape index (κ3) is 2.20. The quantitative estimate of drug-likeness (QED) is 0.539. The standard InChI is InChI=1S/C21H16O2/c1-23-16-10-11-18-15(13-16)9-12-20(22)21(18)19-8-4-6-14-5-2-3-7-17(14)19/h2-13,22H,1H3. The largest absolute Gasteiger partial charge is 0.507 e. The molecule has 0 heterocycles. The van der Waals surface area contributed by atoms with Crippen molar-refractivity contribution >= 4 is 21.5 Å². The molecule has 0 spiro atoms. The summed E-state index contributed by atoms with van der Waals surface area (Å²) >= 11 is 0. The van der Waals surface area contributed by atoms with Gasteiger partial charge < -0.3 is 9.84 Å². The topological polar surface area (TPSA) is 29.5 Å². The van der Waals surface area contributed by atoms with Crippen molar-refractivity contribution in [3.63, 3.8) is 0 Å². The number of hydrogen-bond donors (Lipinski definition) is 1. The third-order valence-electron chi connectivity index (χ3n) is 4.26. The number of benzene rings is 4. The van der Waals surface area contributed by atoms with Gasteiger partial charge in [0, 0.05) is 5.56 Å². The molecule has 0 amide bonds. The van der Waals surface area contributed by atoms with Crippen molar-refractivity contribution in [2.45, 2.75) is 0 Å². The van der Waals surface area contributed by atoms with Crippen LogP contribution in [0.3, 0.4) is 0 Å². The van der Waals surface area contributed by atoms with Crippen LogP contribution in [0.2, 0.25) is 0 Å². The van der Waals surface area contributed by atoms with E-state index in [4.69, 9.17) is 4.74 Å². The fraction of sp³-hybridized carbons (Fsp3) is 0.0476. The first-order valence-corrected chi connectivity index (χ1v) is 7.56. The van der Waals surface area contributed by atoms with Gasteiger partial charge in [0.05, 0.1) is 7.11 Å². The minimum Gasteiger partial charge on any atom is -0.507 e. The molecule has 2 nitrogen and oxygen atoms in total. The van der Waals surface area contributed by atoms with Gasteiger partial charge in [0.25, 0.3) is 0 Å². The molecule has 2 heteroatoms. The van der Waals surface area contributed by atoms with Crippen molar-refractivity contribution in [2.24, 2.45) is 0 Å². The molecule has 4 rings (SSSR count). The predicted octanol–water partition coefficient (Wildman–Crippen LogP) is 5.37. The summed E-state index contributed by atoms with van der Waals surface area (Å²) in [5, 5.41) is 14.9. The molecule has 0 unspecified atom stereocenters. The minimum atomic E-state index is 0.291. The van der Waals surface area contributed by atoms with Crippen LogP contribution < -0.4 is 4.74 Å². The summed E-state index contributed by atoms with van der Waals surface area (Å²) < 4.78 is 5.31. The lowest BCUT2D eigenvalue weighted by atomic mass is 9.93. The Labute approximate surface area is 134 Å². The van der Waals surface area contributed by atoms with Crippen LogP contribution in [0.1, 0.15) is 0 Å². The minimum absolute atomic E-state index is 0.291. The Bertz CT molecular complexity index is 1010. The summed E-state index contributed by atoms with van der Waals surface area (Å²) in [6.45, 7) is 0. The molecule has 112 valence electrons. The number of fused-ring (bicyclic) bond motifs is 2. The Kier molecular flexibility index (Phi) is 3.16. The van der Waals surface area contributed by atoms with E-state index in [-0.39, 0.29) is 0 Å². The molecule has 4 aromatic carbocycles. The van der Waals surface area contributed by atoms with Gasteiger partial charge in [-0.05, 0) is 51.4 Å². The highest BCUT2D eigenvalue weighted by Gasteiger charge is 2.12. The van der Waals surface area contributed by atoms with E-state index in [1.807, 2.05) is 42.5 Å². The number of phenolic OH excluding ortho intramolecular Hbond substituents is 1. The van der Waals surface area contributed by atoms with Crippen LogP contribution >= 0.6 is 0 Å². The fourth-order valence-corrected chi connectivity index (χ4v) is 3.15. The lowest BCUT2D eigenvalue weighted by Gasteiger charge is -2.13. The highest BCUT2D eigenvalue weighted by Crippen LogP contribution is 2.40. The van der Waals surface area contributed by atoms with Crippen LogP contribution in [0.4, 0.5) is 0 Å². The molecular weight excluding hydrogens is 284 g/mol. The van der Waals surface area contributed by atoms with Gasteiger partial charge in [-0.3, -0.25) is 0 Å². The Morgan fingerprint density at radius 2 is 1.57 bits per heavy atom. The molecule has 4 aromatic rings. The summed E-state index contributed by atoms with van der Waals surface area (Å²) in [5.41, 5.74) is 1.90. The van der Waals surface area contributed by atoms with Crippen LogP contribution in [0.5, 0.6) is 11.5 Å². The van der Waals surface area contributed by atoms with Gasteiger partial charge in [-0.2, -0.15) is 0 Å². The first-order chi connectivity index (χ1) is 11.3. The van der Waals surface area contributed by atoms with Gasteiger partial charge in [-0.1, -0.05) is 48.5 Å². The van der Waals surface area contributed by atoms with Gasteiger partial charge in [0.15, 0.2) is 0 Å². The molecule has 0 saturated carbocycles. The van der Waals surface area contributed by atoms with Crippen LogP contribution in [-0.2, 0) is 0 Å². The monoisotopic (exact) mass is 300 g/mol. The van der Waals surface area contributed by atoms with Crippen molar-refractivity contribution < 1.29 is 9.84 Å². The van der Waals surface area contributed by atoms with Crippen LogP contribution in [0.15, 0.2) is 72.8 Å². The van der Waals surface area contributed by atoms with Gasteiger partial charge in [-0.15, -0.1) is 0 Å². The molecule has 0 radical (unpaired) electrons. The van der Waals surface area contributed by atoms with E-state index in [2.05, 4.69) is 24.3 Å². The maximum Gasteiger partial charge on any atom is 0.124 e. The lowest BCUT2D eigenvalue weighted by molar-refractivity contribution is 0.415. The maximum atomic E-state index is 10.5. The molecule has 0 aliphatic rings. The van der Waals surface area contributed by atoms with Crippen LogP contribution in [0.25, 0.3) is 32.7 Å². The molecule has 0 aliphatic heterocycles. The summed E-state index contributed by atoms with van der Waals surface area (Å²) in [4.78, 5) is 0. The molecule has 1 N–H and O–H groups in total. The highest BCUT2D eigenvalue weighted by molar-refractivity contribution is 6.07. The molecule has 0 fully saturated rings. The highest BCUT2D eigenvalue weighted by atomic mass is 16.5. The summed E-state index contributed by atoms with van der Waals surface area (Å²) in [7, 11) is 1.66. The van der Waals surface area contributed by atoms with Gasteiger partial charge in [0.2, 0.25) is 0 Å². The predicted molar refractivity (Wildman–Crippen MR) is 95.1 cm³/mol. The molecular formula is C21H16O2. The van der Waals surface area contributed by atoms with E-state index < -0.39 is 0 Å². The van der Waals surface area contributed by atoms with Crippen LogP contribution in [0, 0.1) is 0 Å². The zero-order chi connectivity index (χ0) is 15.8. The van der Waals surface area contributed by atoms with E-state index >= 15 is 0 Å². The summed E-state index contributed by atoms with van der Waals surface area (Å²) in [6, 6.07) is 24.0. The Morgan fingerprint density at radius 1 is 0.739 bits per heavy atom. The van der Waals surface area contributed by atoms with E-state index in [1.54, 1.807) is 13.2 Å². The van der Waals surface area contributed by atoms with Gasteiger partial charge in [0.1, 0.15) is 11.5 Å². The van der Waals surface area contributed by atoms with E-state index in [0.29, 0.717) is 5.75 Å². The first-order valence-electron chi connectivity index (χ1n) is 7.56. The summed E-state index contributed by atoms with van der Waals surface area (Å²) in [6.07, 6.45) is 0. The molecule has 0 bridgehead atoms. The van der Waals surface area contributed by atoms with Crippen molar-refractivity contribution in [1.82, 2.24) is 0 Å². The maximum absolute atomic E-state index is 10.5. The normalized spacial score (nSPS) is 11.0. The Hall–Kier alpha value is -3.00. The zero-order valence-corrected chi connectivity index (χ0v) is 12.8. The number of hydrogen-bond acceptors (Lipinski definition) is 2. The molecule has 0 saturated heterocycles. The molecule has 0 aromatic heterocycles. The van der Waals surface area contributed by atoms with E-state index in [9.17, 15) is 5.11 Å². The third-order valence-corrected chi connectivity index (χ3v) is 4.26. The number of aromatic hydroxyl groups is 1. The average Bonchev–Trinajstić information content (AvgIpc) is 2.61. The SMILES string of the molecule is COc1ccc2c(-c3cccc4ccccc34)c(O)ccc2c1. The number of methoxy groups -OCH3 is 1. The number of phenols is 1. The molecule has 0 aliphatic carbocycles. The second-order valence-electron chi connectivity index (χ2n) is 5.57. The van der Waals surface area contributed by atoms with Crippen molar-refractivity contribution in [2.75, 3.05) is 7.11 Å². The molecule has 0 atom stereocenters. The zero-order valence-electron chi connectivity index (χ0n) is 12.8. The van der Waals surface area contributed by atoms with E-state index in [0.717, 1.165) is 38.4 Å². The van der Waals surface area contributed by atoms with Crippen molar-refractivity contribution in [3.05, 3.63) is 72.8 Å². The van der Waals surface area contributed by atoms with Gasteiger partial charge >= 0.3 is 0 Å². The second-order valence-corrected chi connectivity index (χ2v) is 5.57. The van der Waals surface area contributed by atoms with Gasteiger partial charge in [-0.25, -0.2) is 0 Å². The Balaban J connectivity index is 2.09. The van der Waals surface area contributed by atoms with Crippen molar-refractivity contribution in [3.8, 4) is 22.6 Å². The second kappa shape index (κ2) is 5.33. The fourth-order valence-electron chi connectivity index (χ4n) is 3.15.